The summed E-state index contributed by atoms with van der Waals surface area (Å²) in [6, 6.07) is 0. The number of fused-ring (bicyclic) bond motifs is 7. The van der Waals surface area contributed by atoms with Crippen molar-refractivity contribution in [2.75, 3.05) is 19.8 Å². The molecule has 3 saturated heterocycles. The van der Waals surface area contributed by atoms with E-state index in [9.17, 15) is 55.9 Å². The van der Waals surface area contributed by atoms with Crippen LogP contribution in [0.15, 0.2) is 11.6 Å². The van der Waals surface area contributed by atoms with Gasteiger partial charge in [-0.05, 0) is 109 Å². The molecule has 0 spiro atoms. The number of ether oxygens (including phenoxy) is 6. The maximum Gasteiger partial charge on any atom is 0.315 e. The molecule has 0 aromatic carbocycles. The number of allylic oxidation sites excluding steroid dienone is 2. The van der Waals surface area contributed by atoms with Crippen LogP contribution in [-0.2, 0) is 33.2 Å². The van der Waals surface area contributed by atoms with Gasteiger partial charge in [0.05, 0.1) is 31.3 Å². The minimum atomic E-state index is -1.68. The lowest BCUT2D eigenvalue weighted by Gasteiger charge is -2.71. The largest absolute Gasteiger partial charge is 0.432 e. The van der Waals surface area contributed by atoms with E-state index in [2.05, 4.69) is 54.5 Å². The van der Waals surface area contributed by atoms with E-state index in [4.69, 9.17) is 28.4 Å². The van der Waals surface area contributed by atoms with Gasteiger partial charge in [-0.15, -0.1) is 0 Å². The van der Waals surface area contributed by atoms with Crippen LogP contribution in [0.1, 0.15) is 113 Å². The van der Waals surface area contributed by atoms with Crippen LogP contribution in [0.2, 0.25) is 0 Å². The predicted octanol–water partition coefficient (Wildman–Crippen LogP) is 0.780. The summed E-state index contributed by atoms with van der Waals surface area (Å²) in [7, 11) is 0. The quantitative estimate of drug-likeness (QED) is 0.0916. The molecule has 0 bridgehead atoms. The van der Waals surface area contributed by atoms with Gasteiger partial charge in [-0.3, -0.25) is 4.79 Å². The Morgan fingerprint density at radius 2 is 1.31 bits per heavy atom. The molecule has 3 aliphatic heterocycles. The third kappa shape index (κ3) is 7.58. The fraction of sp³-hybridized carbons (Fsp3) is 0.936. The summed E-state index contributed by atoms with van der Waals surface area (Å²) in [5.41, 5.74) is -0.545. The minimum Gasteiger partial charge on any atom is -0.432 e. The second kappa shape index (κ2) is 17.2. The zero-order valence-corrected chi connectivity index (χ0v) is 38.5. The molecule has 17 heteroatoms. The molecular weight excluding hydrogens is 836 g/mol. The monoisotopic (exact) mass is 913 g/mol. The van der Waals surface area contributed by atoms with Gasteiger partial charge >= 0.3 is 5.97 Å². The van der Waals surface area contributed by atoms with Crippen molar-refractivity contribution in [1.82, 2.24) is 0 Å². The molecule has 64 heavy (non-hydrogen) atoms. The van der Waals surface area contributed by atoms with Crippen molar-refractivity contribution < 1.29 is 84.3 Å². The van der Waals surface area contributed by atoms with Crippen LogP contribution in [0.3, 0.4) is 0 Å². The van der Waals surface area contributed by atoms with Gasteiger partial charge in [-0.25, -0.2) is 0 Å². The fourth-order valence-electron chi connectivity index (χ4n) is 14.8. The lowest BCUT2D eigenvalue weighted by molar-refractivity contribution is -0.361. The Bertz CT molecular complexity index is 1740. The summed E-state index contributed by atoms with van der Waals surface area (Å²) >= 11 is 0. The van der Waals surface area contributed by atoms with Crippen LogP contribution in [0.5, 0.6) is 0 Å². The van der Waals surface area contributed by atoms with E-state index in [0.717, 1.165) is 44.9 Å². The summed E-state index contributed by atoms with van der Waals surface area (Å²) in [6.45, 7) is 14.6. The third-order valence-electron chi connectivity index (χ3n) is 18.9. The Balaban J connectivity index is 1.02. The predicted molar refractivity (Wildman–Crippen MR) is 224 cm³/mol. The Kier molecular flexibility index (Phi) is 13.2. The van der Waals surface area contributed by atoms with Gasteiger partial charge in [-0.2, -0.15) is 0 Å². The van der Waals surface area contributed by atoms with Gasteiger partial charge in [0.15, 0.2) is 12.6 Å². The first-order valence-electron chi connectivity index (χ1n) is 23.7. The van der Waals surface area contributed by atoms with Crippen molar-refractivity contribution in [1.29, 1.82) is 0 Å². The highest BCUT2D eigenvalue weighted by Gasteiger charge is 2.70. The molecule has 0 aromatic heterocycles. The summed E-state index contributed by atoms with van der Waals surface area (Å²) in [5.74, 6) is -0.119. The average molecular weight is 913 g/mol. The molecule has 366 valence electrons. The van der Waals surface area contributed by atoms with E-state index < -0.39 is 122 Å². The molecule has 17 nitrogen and oxygen atoms in total. The Morgan fingerprint density at radius 1 is 0.672 bits per heavy atom. The molecule has 8 rings (SSSR count). The van der Waals surface area contributed by atoms with E-state index in [1.807, 2.05) is 0 Å². The first-order valence-corrected chi connectivity index (χ1v) is 23.7. The van der Waals surface area contributed by atoms with Gasteiger partial charge in [0.1, 0.15) is 67.1 Å². The Hall–Kier alpha value is -1.39. The summed E-state index contributed by atoms with van der Waals surface area (Å²) in [6.07, 6.45) is -11.0. The standard InChI is InChI=1S/C47H76O17/c1-42(2)14-16-47(41(58)64-39-35(56)33(54)31(52)25(19-48)60-39)17-15-45(6)22(23(47)18-42)8-9-28-44(5)12-11-29(43(3,4)27(44)10-13-46(28,45)7)62-40-36(57)37(32(53)26(20-49)61-40)63-38-34(55)30(51)24(50)21-59-38/h8,23-40,48-57H,9-21H2,1-7H3/t23-,24+,25+,26+,27-,28+,29-,30-,31+,32+,33-,34+,35+,36+,37-,38-,39-,40-,44-,45+,46+,47-/m0/s1. The van der Waals surface area contributed by atoms with Crippen LogP contribution in [0.4, 0.5) is 0 Å². The van der Waals surface area contributed by atoms with Crippen LogP contribution < -0.4 is 0 Å². The van der Waals surface area contributed by atoms with E-state index >= 15 is 0 Å². The topological polar surface area (TPSA) is 275 Å². The highest BCUT2D eigenvalue weighted by atomic mass is 16.7. The van der Waals surface area contributed by atoms with Crippen molar-refractivity contribution in [3.05, 3.63) is 11.6 Å². The lowest BCUT2D eigenvalue weighted by Crippen LogP contribution is -2.66. The van der Waals surface area contributed by atoms with Crippen molar-refractivity contribution in [2.24, 2.45) is 50.2 Å². The second-order valence-electron chi connectivity index (χ2n) is 23.0. The first kappa shape index (κ1) is 49.0. The molecular formula is C47H76O17. The molecule has 5 aliphatic carbocycles. The third-order valence-corrected chi connectivity index (χ3v) is 18.9. The van der Waals surface area contributed by atoms with Crippen LogP contribution in [0, 0.1) is 50.2 Å². The number of carbonyl (C=O) groups is 1. The zero-order valence-electron chi connectivity index (χ0n) is 38.5. The summed E-state index contributed by atoms with van der Waals surface area (Å²) in [5, 5.41) is 105. The maximum absolute atomic E-state index is 14.7. The number of hydrogen-bond donors (Lipinski definition) is 10. The highest BCUT2D eigenvalue weighted by molar-refractivity contribution is 5.79. The maximum atomic E-state index is 14.7. The number of aliphatic hydroxyl groups excluding tert-OH is 10. The van der Waals surface area contributed by atoms with Gasteiger partial charge in [0, 0.05) is 0 Å². The van der Waals surface area contributed by atoms with E-state index in [1.54, 1.807) is 0 Å². The van der Waals surface area contributed by atoms with Gasteiger partial charge in [0.2, 0.25) is 6.29 Å². The number of hydrogen-bond acceptors (Lipinski definition) is 17. The zero-order chi connectivity index (χ0) is 46.7. The lowest BCUT2D eigenvalue weighted by atomic mass is 9.33. The molecule has 3 heterocycles. The van der Waals surface area contributed by atoms with Crippen molar-refractivity contribution >= 4 is 5.97 Å². The normalized spacial score (nSPS) is 53.4. The molecule has 0 radical (unpaired) electrons. The smallest absolute Gasteiger partial charge is 0.315 e. The molecule has 7 fully saturated rings. The second-order valence-corrected chi connectivity index (χ2v) is 23.0. The molecule has 4 saturated carbocycles. The number of esters is 1. The van der Waals surface area contributed by atoms with Gasteiger partial charge in [-0.1, -0.05) is 60.1 Å². The van der Waals surface area contributed by atoms with Crippen molar-refractivity contribution in [2.45, 2.75) is 205 Å². The molecule has 10 N–H and O–H groups in total. The van der Waals surface area contributed by atoms with E-state index in [1.165, 1.54) is 5.57 Å². The number of rotatable bonds is 8. The van der Waals surface area contributed by atoms with Crippen LogP contribution >= 0.6 is 0 Å². The van der Waals surface area contributed by atoms with Gasteiger partial charge < -0.3 is 79.5 Å². The minimum absolute atomic E-state index is 0.0471. The highest BCUT2D eigenvalue weighted by Crippen LogP contribution is 2.76. The summed E-state index contributed by atoms with van der Waals surface area (Å²) < 4.78 is 35.6. The van der Waals surface area contributed by atoms with Crippen molar-refractivity contribution in [3.8, 4) is 0 Å². The Labute approximate surface area is 376 Å². The van der Waals surface area contributed by atoms with Crippen LogP contribution in [0.25, 0.3) is 0 Å². The first-order chi connectivity index (χ1) is 29.9. The Morgan fingerprint density at radius 3 is 2.00 bits per heavy atom. The van der Waals surface area contributed by atoms with E-state index in [-0.39, 0.29) is 46.0 Å². The van der Waals surface area contributed by atoms with Crippen molar-refractivity contribution in [3.63, 3.8) is 0 Å². The SMILES string of the molecule is CC1(C)CC[C@]2(C(=O)O[C@@H]3O[C@H](CO)[C@@H](O)[C@H](O)[C@H]3O)CC[C@]3(C)C(=CC[C@@H]4[C@@]5(C)CC[C@H](O[C@@H]6O[C@H](CO)[C@@H](O)[C@H](O[C@@H]7OC[C@@H](O)[C@H](O)[C@H]7O)[C@H]6O)C(C)(C)[C@@H]5CC[C@]43C)[C@@H]2C1. The molecule has 0 amide bonds. The number of aliphatic hydroxyl groups is 10. The van der Waals surface area contributed by atoms with E-state index in [0.29, 0.717) is 19.3 Å². The molecule has 8 aliphatic rings. The van der Waals surface area contributed by atoms with Gasteiger partial charge in [0.25, 0.3) is 0 Å². The molecule has 0 unspecified atom stereocenters. The summed E-state index contributed by atoms with van der Waals surface area (Å²) in [4.78, 5) is 14.7. The number of carbonyl (C=O) groups excluding carboxylic acids is 1. The van der Waals surface area contributed by atoms with Crippen LogP contribution in [-0.4, -0.2) is 169 Å². The fourth-order valence-corrected chi connectivity index (χ4v) is 14.8. The average Bonchev–Trinajstić information content (AvgIpc) is 3.24. The molecule has 22 atom stereocenters. The molecule has 0 aromatic rings.